The third-order valence-electron chi connectivity index (χ3n) is 5.74. The first-order valence-corrected chi connectivity index (χ1v) is 12.4. The third-order valence-corrected chi connectivity index (χ3v) is 7.66. The van der Waals surface area contributed by atoms with Gasteiger partial charge >= 0.3 is 0 Å². The van der Waals surface area contributed by atoms with Crippen molar-refractivity contribution in [2.75, 3.05) is 11.9 Å². The van der Waals surface area contributed by atoms with Gasteiger partial charge in [0.1, 0.15) is 0 Å². The van der Waals surface area contributed by atoms with Crippen molar-refractivity contribution in [2.45, 2.75) is 37.2 Å². The lowest BCUT2D eigenvalue weighted by Gasteiger charge is -2.36. The maximum Gasteiger partial charge on any atom is 0.243 e. The Labute approximate surface area is 199 Å². The molecule has 4 rings (SSSR count). The molecule has 1 aliphatic rings. The van der Waals surface area contributed by atoms with Crippen LogP contribution >= 0.6 is 0 Å². The van der Waals surface area contributed by atoms with Crippen LogP contribution < -0.4 is 10.6 Å². The molecular formula is C25H26N4O4S. The highest BCUT2D eigenvalue weighted by Gasteiger charge is 2.37. The number of sulfonamides is 1. The number of hydrogen-bond donors (Lipinski definition) is 2. The Kier molecular flexibility index (Phi) is 7.04. The highest BCUT2D eigenvalue weighted by molar-refractivity contribution is 7.89. The van der Waals surface area contributed by atoms with Crippen LogP contribution in [0.1, 0.15) is 36.1 Å². The first-order chi connectivity index (χ1) is 16.3. The summed E-state index contributed by atoms with van der Waals surface area (Å²) in [4.78, 5) is 28.3. The Balaban J connectivity index is 1.58. The number of rotatable bonds is 7. The van der Waals surface area contributed by atoms with Crippen molar-refractivity contribution >= 4 is 27.5 Å². The summed E-state index contributed by atoms with van der Waals surface area (Å²) in [6.45, 7) is 1.98. The first kappa shape index (κ1) is 23.6. The van der Waals surface area contributed by atoms with Crippen molar-refractivity contribution in [1.29, 1.82) is 0 Å². The minimum Gasteiger partial charge on any atom is -0.352 e. The lowest BCUT2D eigenvalue weighted by Crippen LogP contribution is -2.42. The zero-order chi connectivity index (χ0) is 24.1. The van der Waals surface area contributed by atoms with E-state index in [2.05, 4.69) is 15.6 Å². The number of carbonyl (C=O) groups excluding carboxylic acids is 2. The van der Waals surface area contributed by atoms with Gasteiger partial charge in [0, 0.05) is 44.5 Å². The van der Waals surface area contributed by atoms with Crippen molar-refractivity contribution in [2.24, 2.45) is 0 Å². The summed E-state index contributed by atoms with van der Waals surface area (Å²) in [5.74, 6) is -0.479. The number of anilines is 1. The van der Waals surface area contributed by atoms with Gasteiger partial charge < -0.3 is 10.6 Å². The zero-order valence-corrected chi connectivity index (χ0v) is 19.6. The Bertz CT molecular complexity index is 1280. The van der Waals surface area contributed by atoms with Gasteiger partial charge in [0.25, 0.3) is 0 Å². The molecule has 2 aromatic carbocycles. The lowest BCUT2D eigenvalue weighted by molar-refractivity contribution is -0.122. The molecule has 2 amide bonds. The van der Waals surface area contributed by atoms with Gasteiger partial charge in [0.2, 0.25) is 21.8 Å². The number of fused-ring (bicyclic) bond motifs is 1. The van der Waals surface area contributed by atoms with E-state index in [1.165, 1.54) is 23.4 Å². The van der Waals surface area contributed by atoms with Gasteiger partial charge in [-0.3, -0.25) is 14.6 Å². The number of benzene rings is 2. The molecular weight excluding hydrogens is 452 g/mol. The molecule has 0 radical (unpaired) electrons. The second-order valence-electron chi connectivity index (χ2n) is 8.13. The SMILES string of the molecule is CC(=O)Nc1ccc(S(=O)(=O)N2CCc3ccccc3C2CC(=O)NCc2cccnc2)cc1. The fourth-order valence-corrected chi connectivity index (χ4v) is 5.73. The standard InChI is InChI=1S/C25H26N4O4S/c1-18(30)28-21-8-10-22(11-9-21)34(32,33)29-14-12-20-6-2-3-7-23(20)24(29)15-25(31)27-17-19-5-4-13-26-16-19/h2-11,13,16,24H,12,14-15,17H2,1H3,(H,27,31)(H,28,30). The Hall–Kier alpha value is -3.56. The summed E-state index contributed by atoms with van der Waals surface area (Å²) in [7, 11) is -3.88. The van der Waals surface area contributed by atoms with Gasteiger partial charge in [0.05, 0.1) is 10.9 Å². The number of aromatic nitrogens is 1. The predicted octanol–water partition coefficient (Wildman–Crippen LogP) is 3.03. The van der Waals surface area contributed by atoms with E-state index >= 15 is 0 Å². The van der Waals surface area contributed by atoms with Crippen LogP contribution in [0.15, 0.2) is 78.0 Å². The Morgan fingerprint density at radius 3 is 2.53 bits per heavy atom. The summed E-state index contributed by atoms with van der Waals surface area (Å²) in [5, 5.41) is 5.51. The normalized spacial score (nSPS) is 15.9. The van der Waals surface area contributed by atoms with E-state index < -0.39 is 16.1 Å². The van der Waals surface area contributed by atoms with Crippen molar-refractivity contribution in [3.8, 4) is 0 Å². The number of pyridine rings is 1. The number of hydrogen-bond acceptors (Lipinski definition) is 5. The van der Waals surface area contributed by atoms with Crippen LogP contribution in [0.4, 0.5) is 5.69 Å². The minimum absolute atomic E-state index is 0.000477. The molecule has 2 heterocycles. The molecule has 0 aliphatic carbocycles. The molecule has 2 N–H and O–H groups in total. The topological polar surface area (TPSA) is 108 Å². The number of carbonyl (C=O) groups is 2. The molecule has 1 atom stereocenters. The zero-order valence-electron chi connectivity index (χ0n) is 18.8. The molecule has 0 fully saturated rings. The number of nitrogens with one attached hydrogen (secondary N) is 2. The first-order valence-electron chi connectivity index (χ1n) is 11.0. The average molecular weight is 479 g/mol. The Morgan fingerprint density at radius 2 is 1.82 bits per heavy atom. The molecule has 34 heavy (non-hydrogen) atoms. The molecule has 9 heteroatoms. The minimum atomic E-state index is -3.88. The fraction of sp³-hybridized carbons (Fsp3) is 0.240. The maximum absolute atomic E-state index is 13.6. The maximum atomic E-state index is 13.6. The van der Waals surface area contributed by atoms with Crippen molar-refractivity contribution in [1.82, 2.24) is 14.6 Å². The average Bonchev–Trinajstić information content (AvgIpc) is 2.83. The number of nitrogens with zero attached hydrogens (tertiary/aromatic N) is 2. The van der Waals surface area contributed by atoms with E-state index in [-0.39, 0.29) is 29.7 Å². The van der Waals surface area contributed by atoms with Gasteiger partial charge in [-0.25, -0.2) is 8.42 Å². The summed E-state index contributed by atoms with van der Waals surface area (Å²) in [5.41, 5.74) is 3.26. The van der Waals surface area contributed by atoms with E-state index in [1.807, 2.05) is 30.3 Å². The largest absolute Gasteiger partial charge is 0.352 e. The van der Waals surface area contributed by atoms with Crippen molar-refractivity contribution in [3.05, 3.63) is 89.7 Å². The van der Waals surface area contributed by atoms with E-state index in [0.29, 0.717) is 18.7 Å². The van der Waals surface area contributed by atoms with E-state index in [1.54, 1.807) is 30.6 Å². The molecule has 0 saturated carbocycles. The van der Waals surface area contributed by atoms with E-state index in [9.17, 15) is 18.0 Å². The van der Waals surface area contributed by atoms with Gasteiger partial charge in [-0.2, -0.15) is 4.31 Å². The van der Waals surface area contributed by atoms with Gasteiger partial charge in [-0.1, -0.05) is 30.3 Å². The van der Waals surface area contributed by atoms with Crippen LogP contribution in [-0.4, -0.2) is 36.1 Å². The van der Waals surface area contributed by atoms with Gasteiger partial charge in [0.15, 0.2) is 0 Å². The van der Waals surface area contributed by atoms with Crippen LogP contribution in [0.5, 0.6) is 0 Å². The lowest BCUT2D eigenvalue weighted by atomic mass is 9.92. The van der Waals surface area contributed by atoms with Crippen LogP contribution in [0.25, 0.3) is 0 Å². The second kappa shape index (κ2) is 10.1. The molecule has 1 unspecified atom stereocenters. The predicted molar refractivity (Wildman–Crippen MR) is 128 cm³/mol. The second-order valence-corrected chi connectivity index (χ2v) is 10.0. The van der Waals surface area contributed by atoms with Crippen molar-refractivity contribution in [3.63, 3.8) is 0 Å². The summed E-state index contributed by atoms with van der Waals surface area (Å²) in [6.07, 6.45) is 3.90. The van der Waals surface area contributed by atoms with Crippen LogP contribution in [0, 0.1) is 0 Å². The summed E-state index contributed by atoms with van der Waals surface area (Å²) in [6, 6.07) is 16.7. The molecule has 0 spiro atoms. The van der Waals surface area contributed by atoms with Crippen LogP contribution in [0.2, 0.25) is 0 Å². The van der Waals surface area contributed by atoms with E-state index in [0.717, 1.165) is 16.7 Å². The summed E-state index contributed by atoms with van der Waals surface area (Å²) >= 11 is 0. The smallest absolute Gasteiger partial charge is 0.243 e. The molecule has 8 nitrogen and oxygen atoms in total. The molecule has 3 aromatic rings. The molecule has 1 aliphatic heterocycles. The van der Waals surface area contributed by atoms with Gasteiger partial charge in [-0.15, -0.1) is 0 Å². The molecule has 0 saturated heterocycles. The third kappa shape index (κ3) is 5.32. The monoisotopic (exact) mass is 478 g/mol. The van der Waals surface area contributed by atoms with Crippen LogP contribution in [-0.2, 0) is 32.6 Å². The highest BCUT2D eigenvalue weighted by atomic mass is 32.2. The molecule has 1 aromatic heterocycles. The van der Waals surface area contributed by atoms with Crippen molar-refractivity contribution < 1.29 is 18.0 Å². The highest BCUT2D eigenvalue weighted by Crippen LogP contribution is 2.36. The van der Waals surface area contributed by atoms with Gasteiger partial charge in [-0.05, 0) is 53.4 Å². The number of amides is 2. The quantitative estimate of drug-likeness (QED) is 0.543. The fourth-order valence-electron chi connectivity index (χ4n) is 4.13. The summed E-state index contributed by atoms with van der Waals surface area (Å²) < 4.78 is 28.6. The molecule has 176 valence electrons. The van der Waals surface area contributed by atoms with Crippen LogP contribution in [0.3, 0.4) is 0 Å². The molecule has 0 bridgehead atoms. The van der Waals surface area contributed by atoms with E-state index in [4.69, 9.17) is 0 Å². The Morgan fingerprint density at radius 1 is 1.06 bits per heavy atom.